The Labute approximate surface area is 122 Å². The Morgan fingerprint density at radius 3 is 2.25 bits per heavy atom. The van der Waals surface area contributed by atoms with Gasteiger partial charge in [0.1, 0.15) is 0 Å². The highest BCUT2D eigenvalue weighted by molar-refractivity contribution is 7.92. The summed E-state index contributed by atoms with van der Waals surface area (Å²) >= 11 is 0. The van der Waals surface area contributed by atoms with Crippen LogP contribution in [0, 0.1) is 11.8 Å². The molecule has 1 saturated carbocycles. The highest BCUT2D eigenvalue weighted by Crippen LogP contribution is 2.30. The van der Waals surface area contributed by atoms with Crippen LogP contribution >= 0.6 is 0 Å². The molecule has 0 bridgehead atoms. The Bertz CT molecular complexity index is 547. The largest absolute Gasteiger partial charge is 0.382 e. The highest BCUT2D eigenvalue weighted by Gasteiger charge is 2.23. The molecule has 1 aliphatic carbocycles. The van der Waals surface area contributed by atoms with Crippen molar-refractivity contribution in [3.8, 4) is 0 Å². The van der Waals surface area contributed by atoms with E-state index in [4.69, 9.17) is 0 Å². The summed E-state index contributed by atoms with van der Waals surface area (Å²) in [5.74, 6) is 1.49. The maximum Gasteiger partial charge on any atom is 0.229 e. The molecule has 0 saturated heterocycles. The molecule has 20 heavy (non-hydrogen) atoms. The Hall–Kier alpha value is -1.23. The van der Waals surface area contributed by atoms with Gasteiger partial charge in [0, 0.05) is 11.7 Å². The van der Waals surface area contributed by atoms with Crippen molar-refractivity contribution >= 4 is 21.4 Å². The maximum atomic E-state index is 11.3. The average molecular weight is 296 g/mol. The minimum absolute atomic E-state index is 0.474. The Kier molecular flexibility index (Phi) is 4.58. The van der Waals surface area contributed by atoms with Crippen molar-refractivity contribution in [2.75, 3.05) is 16.3 Å². The fraction of sp³-hybridized carbons (Fsp3) is 0.600. The third kappa shape index (κ3) is 4.71. The van der Waals surface area contributed by atoms with Crippen LogP contribution in [0.2, 0.25) is 0 Å². The minimum atomic E-state index is -3.22. The molecule has 1 fully saturated rings. The van der Waals surface area contributed by atoms with Crippen LogP contribution in [0.3, 0.4) is 0 Å². The van der Waals surface area contributed by atoms with Crippen molar-refractivity contribution in [1.29, 1.82) is 0 Å². The zero-order valence-corrected chi connectivity index (χ0v) is 13.2. The van der Waals surface area contributed by atoms with Crippen molar-refractivity contribution in [3.05, 3.63) is 24.3 Å². The lowest BCUT2D eigenvalue weighted by Crippen LogP contribution is -2.30. The topological polar surface area (TPSA) is 58.2 Å². The lowest BCUT2D eigenvalue weighted by atomic mass is 9.80. The first-order valence-corrected chi connectivity index (χ1v) is 9.05. The van der Waals surface area contributed by atoms with Crippen molar-refractivity contribution in [2.24, 2.45) is 11.8 Å². The Morgan fingerprint density at radius 1 is 1.05 bits per heavy atom. The molecule has 0 aromatic heterocycles. The first-order chi connectivity index (χ1) is 9.32. The molecular formula is C15H24N2O2S. The molecule has 2 unspecified atom stereocenters. The van der Waals surface area contributed by atoms with Gasteiger partial charge >= 0.3 is 0 Å². The monoisotopic (exact) mass is 296 g/mol. The molecule has 0 heterocycles. The molecule has 5 heteroatoms. The molecule has 112 valence electrons. The summed E-state index contributed by atoms with van der Waals surface area (Å²) in [7, 11) is -3.22. The van der Waals surface area contributed by atoms with Crippen LogP contribution in [-0.4, -0.2) is 20.7 Å². The molecule has 2 atom stereocenters. The van der Waals surface area contributed by atoms with Crippen LogP contribution in [-0.2, 0) is 10.0 Å². The second-order valence-corrected chi connectivity index (χ2v) is 7.96. The maximum absolute atomic E-state index is 11.3. The summed E-state index contributed by atoms with van der Waals surface area (Å²) in [6.07, 6.45) is 4.81. The Balaban J connectivity index is 2.04. The zero-order chi connectivity index (χ0) is 14.8. The van der Waals surface area contributed by atoms with Gasteiger partial charge in [-0.05, 0) is 49.3 Å². The number of hydrogen-bond donors (Lipinski definition) is 2. The van der Waals surface area contributed by atoms with E-state index in [9.17, 15) is 8.42 Å². The summed E-state index contributed by atoms with van der Waals surface area (Å²) in [5.41, 5.74) is 1.58. The van der Waals surface area contributed by atoms with E-state index in [-0.39, 0.29) is 0 Å². The van der Waals surface area contributed by atoms with Crippen molar-refractivity contribution in [1.82, 2.24) is 0 Å². The van der Waals surface area contributed by atoms with Gasteiger partial charge in [-0.2, -0.15) is 0 Å². The lowest BCUT2D eigenvalue weighted by molar-refractivity contribution is 0.281. The third-order valence-corrected chi connectivity index (χ3v) is 4.32. The van der Waals surface area contributed by atoms with E-state index in [1.807, 2.05) is 18.2 Å². The SMILES string of the molecule is CC1CC(C)CC(Nc2cccc(NS(C)(=O)=O)c2)C1. The number of sulfonamides is 1. The lowest BCUT2D eigenvalue weighted by Gasteiger charge is -2.32. The zero-order valence-electron chi connectivity index (χ0n) is 12.4. The fourth-order valence-electron chi connectivity index (χ4n) is 3.19. The number of hydrogen-bond acceptors (Lipinski definition) is 3. The normalized spacial score (nSPS) is 27.1. The smallest absolute Gasteiger partial charge is 0.229 e. The summed E-state index contributed by atoms with van der Waals surface area (Å²) in [6.45, 7) is 4.60. The fourth-order valence-corrected chi connectivity index (χ4v) is 3.74. The standard InChI is InChI=1S/C15H24N2O2S/c1-11-7-12(2)9-15(8-11)16-13-5-4-6-14(10-13)17-20(3,18)19/h4-6,10-12,15-17H,7-9H2,1-3H3. The van der Waals surface area contributed by atoms with Gasteiger partial charge in [0.05, 0.1) is 11.9 Å². The van der Waals surface area contributed by atoms with Crippen LogP contribution in [0.4, 0.5) is 11.4 Å². The van der Waals surface area contributed by atoms with Crippen molar-refractivity contribution in [2.45, 2.75) is 39.2 Å². The minimum Gasteiger partial charge on any atom is -0.382 e. The van der Waals surface area contributed by atoms with Crippen LogP contribution in [0.15, 0.2) is 24.3 Å². The number of benzene rings is 1. The van der Waals surface area contributed by atoms with Crippen LogP contribution in [0.5, 0.6) is 0 Å². The van der Waals surface area contributed by atoms with Crippen molar-refractivity contribution < 1.29 is 8.42 Å². The van der Waals surface area contributed by atoms with E-state index in [0.717, 1.165) is 23.8 Å². The molecular weight excluding hydrogens is 272 g/mol. The molecule has 1 aromatic rings. The average Bonchev–Trinajstić information content (AvgIpc) is 2.25. The summed E-state index contributed by atoms with van der Waals surface area (Å²) in [6, 6.07) is 7.94. The van der Waals surface area contributed by atoms with Gasteiger partial charge < -0.3 is 5.32 Å². The van der Waals surface area contributed by atoms with Gasteiger partial charge in [0.25, 0.3) is 0 Å². The quantitative estimate of drug-likeness (QED) is 0.896. The van der Waals surface area contributed by atoms with Crippen LogP contribution < -0.4 is 10.0 Å². The molecule has 2 N–H and O–H groups in total. The van der Waals surface area contributed by atoms with Gasteiger partial charge in [-0.3, -0.25) is 4.72 Å². The van der Waals surface area contributed by atoms with E-state index in [0.29, 0.717) is 11.7 Å². The number of anilines is 2. The number of nitrogens with one attached hydrogen (secondary N) is 2. The molecule has 0 amide bonds. The second-order valence-electron chi connectivity index (χ2n) is 6.21. The molecule has 0 radical (unpaired) electrons. The van der Waals surface area contributed by atoms with Crippen LogP contribution in [0.25, 0.3) is 0 Å². The molecule has 0 spiro atoms. The van der Waals surface area contributed by atoms with Gasteiger partial charge in [-0.25, -0.2) is 8.42 Å². The first-order valence-electron chi connectivity index (χ1n) is 7.16. The molecule has 4 nitrogen and oxygen atoms in total. The van der Waals surface area contributed by atoms with E-state index < -0.39 is 10.0 Å². The van der Waals surface area contributed by atoms with E-state index in [1.165, 1.54) is 19.3 Å². The number of rotatable bonds is 4. The van der Waals surface area contributed by atoms with E-state index >= 15 is 0 Å². The van der Waals surface area contributed by atoms with Crippen LogP contribution in [0.1, 0.15) is 33.1 Å². The predicted octanol–water partition coefficient (Wildman–Crippen LogP) is 3.29. The first kappa shape index (κ1) is 15.2. The van der Waals surface area contributed by atoms with Gasteiger partial charge in [-0.15, -0.1) is 0 Å². The molecule has 2 rings (SSSR count). The Morgan fingerprint density at radius 2 is 1.65 bits per heavy atom. The summed E-state index contributed by atoms with van der Waals surface area (Å²) in [4.78, 5) is 0. The van der Waals surface area contributed by atoms with Crippen molar-refractivity contribution in [3.63, 3.8) is 0 Å². The van der Waals surface area contributed by atoms with Gasteiger partial charge in [0.2, 0.25) is 10.0 Å². The van der Waals surface area contributed by atoms with Gasteiger partial charge in [0.15, 0.2) is 0 Å². The van der Waals surface area contributed by atoms with Gasteiger partial charge in [-0.1, -0.05) is 19.9 Å². The highest BCUT2D eigenvalue weighted by atomic mass is 32.2. The molecule has 1 aromatic carbocycles. The predicted molar refractivity (Wildman–Crippen MR) is 84.5 cm³/mol. The third-order valence-electron chi connectivity index (χ3n) is 3.72. The van der Waals surface area contributed by atoms with E-state index in [2.05, 4.69) is 23.9 Å². The molecule has 0 aliphatic heterocycles. The molecule has 1 aliphatic rings. The second kappa shape index (κ2) is 6.04. The summed E-state index contributed by atoms with van der Waals surface area (Å²) < 4.78 is 25.0. The summed E-state index contributed by atoms with van der Waals surface area (Å²) in [5, 5.41) is 3.53. The van der Waals surface area contributed by atoms with E-state index in [1.54, 1.807) is 6.07 Å².